The third kappa shape index (κ3) is 3.31. The van der Waals surface area contributed by atoms with Crippen LogP contribution >= 0.6 is 12.4 Å². The first-order valence-corrected chi connectivity index (χ1v) is 7.50. The molecule has 0 saturated carbocycles. The molecule has 0 aliphatic carbocycles. The molecule has 0 bridgehead atoms. The molecule has 2 aliphatic heterocycles. The maximum absolute atomic E-state index is 12.7. The zero-order chi connectivity index (χ0) is 14.8. The summed E-state index contributed by atoms with van der Waals surface area (Å²) < 4.78 is 11.0. The molecule has 0 aromatic heterocycles. The summed E-state index contributed by atoms with van der Waals surface area (Å²) in [5.74, 6) is 1.79. The van der Waals surface area contributed by atoms with E-state index in [9.17, 15) is 4.79 Å². The molecule has 0 spiro atoms. The Morgan fingerprint density at radius 3 is 3.00 bits per heavy atom. The van der Waals surface area contributed by atoms with Crippen LogP contribution in [0, 0.1) is 5.92 Å². The molecule has 6 heteroatoms. The molecule has 1 fully saturated rings. The van der Waals surface area contributed by atoms with Crippen molar-refractivity contribution in [3.8, 4) is 11.5 Å². The summed E-state index contributed by atoms with van der Waals surface area (Å²) in [6.45, 7) is 5.07. The van der Waals surface area contributed by atoms with E-state index in [0.29, 0.717) is 6.61 Å². The third-order valence-corrected chi connectivity index (χ3v) is 4.31. The van der Waals surface area contributed by atoms with Gasteiger partial charge in [0.25, 0.3) is 0 Å². The number of benzene rings is 1. The Bertz CT molecular complexity index is 538. The highest BCUT2D eigenvalue weighted by Crippen LogP contribution is 2.31. The van der Waals surface area contributed by atoms with Crippen LogP contribution in [0.25, 0.3) is 0 Å². The van der Waals surface area contributed by atoms with Gasteiger partial charge in [0.1, 0.15) is 18.1 Å². The first kappa shape index (κ1) is 16.9. The number of halogens is 1. The second-order valence-corrected chi connectivity index (χ2v) is 5.77. The normalized spacial score (nSPS) is 23.8. The van der Waals surface area contributed by atoms with Gasteiger partial charge in [-0.05, 0) is 37.1 Å². The molecular formula is C16H23ClN2O3. The van der Waals surface area contributed by atoms with Gasteiger partial charge in [0.2, 0.25) is 5.91 Å². The maximum Gasteiger partial charge on any atom is 0.229 e. The number of piperazine rings is 1. The van der Waals surface area contributed by atoms with Crippen LogP contribution in [0.1, 0.15) is 12.5 Å². The molecule has 2 atom stereocenters. The van der Waals surface area contributed by atoms with Crippen LogP contribution in [0.5, 0.6) is 11.5 Å². The molecule has 5 nitrogen and oxygen atoms in total. The summed E-state index contributed by atoms with van der Waals surface area (Å²) in [4.78, 5) is 14.7. The fourth-order valence-corrected chi connectivity index (χ4v) is 3.06. The van der Waals surface area contributed by atoms with Crippen molar-refractivity contribution in [1.29, 1.82) is 0 Å². The quantitative estimate of drug-likeness (QED) is 0.894. The molecule has 3 rings (SSSR count). The first-order valence-electron chi connectivity index (χ1n) is 7.50. The van der Waals surface area contributed by atoms with Crippen LogP contribution < -0.4 is 14.8 Å². The minimum atomic E-state index is -0.0924. The Hall–Kier alpha value is -1.46. The molecule has 2 unspecified atom stereocenters. The maximum atomic E-state index is 12.7. The van der Waals surface area contributed by atoms with Crippen molar-refractivity contribution in [2.45, 2.75) is 19.4 Å². The highest BCUT2D eigenvalue weighted by atomic mass is 35.5. The lowest BCUT2D eigenvalue weighted by molar-refractivity contribution is -0.139. The van der Waals surface area contributed by atoms with E-state index in [0.717, 1.165) is 43.1 Å². The van der Waals surface area contributed by atoms with Gasteiger partial charge in [-0.3, -0.25) is 4.79 Å². The SMILES string of the molecule is COc1ccc2c(c1)CC(C(=O)N1CCNCC1C)CO2.Cl. The Morgan fingerprint density at radius 2 is 2.27 bits per heavy atom. The number of ether oxygens (including phenoxy) is 2. The van der Waals surface area contributed by atoms with E-state index < -0.39 is 0 Å². The van der Waals surface area contributed by atoms with Gasteiger partial charge in [-0.1, -0.05) is 0 Å². The van der Waals surface area contributed by atoms with Gasteiger partial charge in [0.05, 0.1) is 13.0 Å². The van der Waals surface area contributed by atoms with E-state index in [1.165, 1.54) is 0 Å². The molecule has 22 heavy (non-hydrogen) atoms. The van der Waals surface area contributed by atoms with Crippen molar-refractivity contribution in [2.75, 3.05) is 33.4 Å². The minimum absolute atomic E-state index is 0. The molecule has 1 aromatic carbocycles. The zero-order valence-corrected chi connectivity index (χ0v) is 13.8. The van der Waals surface area contributed by atoms with E-state index in [1.807, 2.05) is 23.1 Å². The Kier molecular flexibility index (Phi) is 5.53. The topological polar surface area (TPSA) is 50.8 Å². The van der Waals surface area contributed by atoms with Crippen LogP contribution in [-0.4, -0.2) is 50.2 Å². The summed E-state index contributed by atoms with van der Waals surface area (Å²) in [7, 11) is 1.65. The van der Waals surface area contributed by atoms with Gasteiger partial charge in [0.15, 0.2) is 0 Å². The van der Waals surface area contributed by atoms with Gasteiger partial charge in [-0.2, -0.15) is 0 Å². The molecule has 1 aromatic rings. The number of nitrogens with zero attached hydrogens (tertiary/aromatic N) is 1. The van der Waals surface area contributed by atoms with Crippen molar-refractivity contribution in [3.05, 3.63) is 23.8 Å². The lowest BCUT2D eigenvalue weighted by Gasteiger charge is -2.37. The lowest BCUT2D eigenvalue weighted by Crippen LogP contribution is -2.54. The summed E-state index contributed by atoms with van der Waals surface area (Å²) in [5.41, 5.74) is 1.06. The highest BCUT2D eigenvalue weighted by Gasteiger charge is 2.32. The molecule has 1 N–H and O–H groups in total. The molecular weight excluding hydrogens is 304 g/mol. The van der Waals surface area contributed by atoms with E-state index in [4.69, 9.17) is 9.47 Å². The Balaban J connectivity index is 0.00000176. The summed E-state index contributed by atoms with van der Waals surface area (Å²) in [6, 6.07) is 6.02. The van der Waals surface area contributed by atoms with Gasteiger partial charge >= 0.3 is 0 Å². The number of nitrogens with one attached hydrogen (secondary N) is 1. The monoisotopic (exact) mass is 326 g/mol. The van der Waals surface area contributed by atoms with Gasteiger partial charge in [0, 0.05) is 25.7 Å². The number of carbonyl (C=O) groups excluding carboxylic acids is 1. The summed E-state index contributed by atoms with van der Waals surface area (Å²) in [6.07, 6.45) is 0.724. The van der Waals surface area contributed by atoms with E-state index in [-0.39, 0.29) is 30.3 Å². The van der Waals surface area contributed by atoms with Crippen molar-refractivity contribution < 1.29 is 14.3 Å². The van der Waals surface area contributed by atoms with Crippen LogP contribution in [0.2, 0.25) is 0 Å². The first-order chi connectivity index (χ1) is 10.2. The van der Waals surface area contributed by atoms with Crippen molar-refractivity contribution in [1.82, 2.24) is 10.2 Å². The largest absolute Gasteiger partial charge is 0.497 e. The summed E-state index contributed by atoms with van der Waals surface area (Å²) in [5, 5.41) is 3.31. The molecule has 2 aliphatic rings. The van der Waals surface area contributed by atoms with Gasteiger partial charge in [-0.25, -0.2) is 0 Å². The highest BCUT2D eigenvalue weighted by molar-refractivity contribution is 5.85. The van der Waals surface area contributed by atoms with Crippen molar-refractivity contribution in [3.63, 3.8) is 0 Å². The second kappa shape index (κ2) is 7.20. The number of methoxy groups -OCH3 is 1. The molecule has 0 radical (unpaired) electrons. The van der Waals surface area contributed by atoms with Crippen LogP contribution in [0.15, 0.2) is 18.2 Å². The minimum Gasteiger partial charge on any atom is -0.497 e. The van der Waals surface area contributed by atoms with Crippen molar-refractivity contribution >= 4 is 18.3 Å². The zero-order valence-electron chi connectivity index (χ0n) is 13.0. The number of hydrogen-bond donors (Lipinski definition) is 1. The molecule has 1 amide bonds. The van der Waals surface area contributed by atoms with Crippen molar-refractivity contribution in [2.24, 2.45) is 5.92 Å². The summed E-state index contributed by atoms with van der Waals surface area (Å²) >= 11 is 0. The smallest absolute Gasteiger partial charge is 0.229 e. The number of hydrogen-bond acceptors (Lipinski definition) is 4. The predicted octanol–water partition coefficient (Wildman–Crippen LogP) is 1.49. The predicted molar refractivity (Wildman–Crippen MR) is 87.0 cm³/mol. The van der Waals surface area contributed by atoms with Gasteiger partial charge in [-0.15, -0.1) is 12.4 Å². The lowest BCUT2D eigenvalue weighted by atomic mass is 9.94. The average molecular weight is 327 g/mol. The van der Waals surface area contributed by atoms with Crippen LogP contribution in [0.3, 0.4) is 0 Å². The van der Waals surface area contributed by atoms with Crippen LogP contribution in [0.4, 0.5) is 0 Å². The van der Waals surface area contributed by atoms with E-state index in [1.54, 1.807) is 7.11 Å². The van der Waals surface area contributed by atoms with E-state index in [2.05, 4.69) is 12.2 Å². The number of rotatable bonds is 2. The molecule has 1 saturated heterocycles. The molecule has 122 valence electrons. The molecule has 2 heterocycles. The second-order valence-electron chi connectivity index (χ2n) is 5.77. The Morgan fingerprint density at radius 1 is 1.45 bits per heavy atom. The average Bonchev–Trinajstić information content (AvgIpc) is 2.53. The fourth-order valence-electron chi connectivity index (χ4n) is 3.06. The van der Waals surface area contributed by atoms with E-state index >= 15 is 0 Å². The van der Waals surface area contributed by atoms with Gasteiger partial charge < -0.3 is 19.7 Å². The number of fused-ring (bicyclic) bond motifs is 1. The Labute approximate surface area is 137 Å². The number of amides is 1. The third-order valence-electron chi connectivity index (χ3n) is 4.31. The fraction of sp³-hybridized carbons (Fsp3) is 0.562. The van der Waals surface area contributed by atoms with Crippen LogP contribution in [-0.2, 0) is 11.2 Å². The standard InChI is InChI=1S/C16H22N2O3.ClH/c1-11-9-17-5-6-18(11)16(19)13-7-12-8-14(20-2)3-4-15(12)21-10-13;/h3-4,8,11,13,17H,5-7,9-10H2,1-2H3;1H. The number of carbonyl (C=O) groups is 1.